The topological polar surface area (TPSA) is 105 Å². The monoisotopic (exact) mass is 476 g/mol. The molecular weight excluding hydrogens is 444 g/mol. The number of aliphatic carboxylic acids is 1. The van der Waals surface area contributed by atoms with Crippen LogP contribution in [0.15, 0.2) is 48.5 Å². The van der Waals surface area contributed by atoms with Crippen molar-refractivity contribution in [1.29, 1.82) is 0 Å². The van der Waals surface area contributed by atoms with Gasteiger partial charge in [-0.25, -0.2) is 4.79 Å². The van der Waals surface area contributed by atoms with E-state index in [4.69, 9.17) is 9.84 Å². The van der Waals surface area contributed by atoms with E-state index in [0.717, 1.165) is 12.8 Å². The van der Waals surface area contributed by atoms with Gasteiger partial charge in [-0.05, 0) is 67.2 Å². The number of carboxylic acids is 1. The second-order valence-corrected chi connectivity index (χ2v) is 10.8. The highest BCUT2D eigenvalue weighted by Gasteiger charge is 2.50. The molecule has 2 saturated carbocycles. The van der Waals surface area contributed by atoms with Gasteiger partial charge in [-0.3, -0.25) is 9.59 Å². The maximum absolute atomic E-state index is 12.7. The number of hydrogen-bond donors (Lipinski definition) is 3. The van der Waals surface area contributed by atoms with Gasteiger partial charge >= 0.3 is 12.1 Å². The predicted octanol–water partition coefficient (Wildman–Crippen LogP) is 4.31. The van der Waals surface area contributed by atoms with Crippen LogP contribution < -0.4 is 10.6 Å². The molecule has 3 aliphatic carbocycles. The number of alkyl carbamates (subject to hydrolysis) is 1. The molecule has 2 fully saturated rings. The summed E-state index contributed by atoms with van der Waals surface area (Å²) in [6, 6.07) is 16.5. The summed E-state index contributed by atoms with van der Waals surface area (Å²) in [6.07, 6.45) is 1.79. The molecular formula is C28H32N2O5. The summed E-state index contributed by atoms with van der Waals surface area (Å²) in [6.45, 7) is 3.73. The van der Waals surface area contributed by atoms with E-state index >= 15 is 0 Å². The number of nitrogens with one attached hydrogen (secondary N) is 2. The molecule has 4 atom stereocenters. The molecule has 7 nitrogen and oxygen atoms in total. The lowest BCUT2D eigenvalue weighted by Crippen LogP contribution is -2.50. The third-order valence-electron chi connectivity index (χ3n) is 7.90. The van der Waals surface area contributed by atoms with Gasteiger partial charge in [-0.1, -0.05) is 48.5 Å². The molecule has 0 aliphatic heterocycles. The molecule has 0 bridgehead atoms. The lowest BCUT2D eigenvalue weighted by Gasteiger charge is -2.40. The molecule has 0 aromatic heterocycles. The van der Waals surface area contributed by atoms with Crippen molar-refractivity contribution in [2.24, 2.45) is 17.8 Å². The average Bonchev–Trinajstić information content (AvgIpc) is 3.30. The summed E-state index contributed by atoms with van der Waals surface area (Å²) in [5.74, 6) is -0.482. The van der Waals surface area contributed by atoms with Gasteiger partial charge in [0.15, 0.2) is 0 Å². The maximum atomic E-state index is 12.7. The number of ether oxygens (including phenoxy) is 1. The molecule has 1 unspecified atom stereocenters. The molecule has 3 N–H and O–H groups in total. The third kappa shape index (κ3) is 4.64. The van der Waals surface area contributed by atoms with Crippen molar-refractivity contribution in [3.05, 3.63) is 59.7 Å². The first kappa shape index (κ1) is 23.4. The Kier molecular flexibility index (Phi) is 6.03. The third-order valence-corrected chi connectivity index (χ3v) is 7.90. The van der Waals surface area contributed by atoms with E-state index in [1.54, 1.807) is 13.8 Å². The van der Waals surface area contributed by atoms with E-state index in [0.29, 0.717) is 12.3 Å². The largest absolute Gasteiger partial charge is 0.481 e. The molecule has 5 rings (SSSR count). The minimum atomic E-state index is -0.936. The van der Waals surface area contributed by atoms with Crippen LogP contribution in [0.1, 0.15) is 56.6 Å². The second kappa shape index (κ2) is 9.02. The fraction of sp³-hybridized carbons (Fsp3) is 0.464. The number of carbonyl (C=O) groups excluding carboxylic acids is 2. The van der Waals surface area contributed by atoms with E-state index < -0.39 is 17.6 Å². The zero-order chi connectivity index (χ0) is 24.7. The van der Waals surface area contributed by atoms with Gasteiger partial charge < -0.3 is 20.5 Å². The van der Waals surface area contributed by atoms with Crippen molar-refractivity contribution < 1.29 is 24.2 Å². The van der Waals surface area contributed by atoms with E-state index in [1.807, 2.05) is 24.3 Å². The lowest BCUT2D eigenvalue weighted by atomic mass is 9.71. The normalized spacial score (nSPS) is 24.5. The zero-order valence-corrected chi connectivity index (χ0v) is 20.1. The van der Waals surface area contributed by atoms with Gasteiger partial charge in [0, 0.05) is 23.4 Å². The van der Waals surface area contributed by atoms with Crippen LogP contribution >= 0.6 is 0 Å². The van der Waals surface area contributed by atoms with Gasteiger partial charge in [0.2, 0.25) is 5.91 Å². The fourth-order valence-corrected chi connectivity index (χ4v) is 6.26. The second-order valence-electron chi connectivity index (χ2n) is 10.8. The fourth-order valence-electron chi connectivity index (χ4n) is 6.26. The Morgan fingerprint density at radius 3 is 2.23 bits per heavy atom. The van der Waals surface area contributed by atoms with Gasteiger partial charge in [0.25, 0.3) is 0 Å². The van der Waals surface area contributed by atoms with Crippen molar-refractivity contribution in [2.45, 2.75) is 57.0 Å². The van der Waals surface area contributed by atoms with Crippen molar-refractivity contribution >= 4 is 18.0 Å². The molecule has 184 valence electrons. The van der Waals surface area contributed by atoms with Crippen LogP contribution in [0.3, 0.4) is 0 Å². The van der Waals surface area contributed by atoms with Crippen molar-refractivity contribution in [2.75, 3.05) is 6.61 Å². The first-order valence-corrected chi connectivity index (χ1v) is 12.4. The molecule has 2 aromatic rings. The molecule has 3 aliphatic rings. The number of amides is 2. The number of hydrogen-bond acceptors (Lipinski definition) is 4. The Labute approximate surface area is 205 Å². The maximum Gasteiger partial charge on any atom is 0.407 e. The van der Waals surface area contributed by atoms with Gasteiger partial charge in [0.1, 0.15) is 6.61 Å². The van der Waals surface area contributed by atoms with Gasteiger partial charge in [-0.15, -0.1) is 0 Å². The number of fused-ring (bicyclic) bond motifs is 4. The Morgan fingerprint density at radius 1 is 0.971 bits per heavy atom. The van der Waals surface area contributed by atoms with E-state index in [-0.39, 0.29) is 42.7 Å². The Balaban J connectivity index is 1.13. The van der Waals surface area contributed by atoms with Crippen molar-refractivity contribution in [3.8, 4) is 11.1 Å². The Morgan fingerprint density at radius 2 is 1.60 bits per heavy atom. The first-order valence-electron chi connectivity index (χ1n) is 12.4. The van der Waals surface area contributed by atoms with E-state index in [2.05, 4.69) is 34.9 Å². The molecule has 35 heavy (non-hydrogen) atoms. The standard InChI is InChI=1S/C28H32N2O5/c1-28(2,14-25(31)32)30-26(33)17-11-16-13-24(22(16)12-17)29-27(34)35-15-23-20-9-5-3-7-18(20)19-8-4-6-10-21(19)23/h3-10,16-17,22-24H,11-15H2,1-2H3,(H,29,34)(H,30,33)(H,31,32)/t16-,17?,22-,24+/m1/s1. The smallest absolute Gasteiger partial charge is 0.407 e. The summed E-state index contributed by atoms with van der Waals surface area (Å²) < 4.78 is 5.69. The Bertz CT molecular complexity index is 1110. The Hall–Kier alpha value is -3.35. The van der Waals surface area contributed by atoms with Crippen LogP contribution in [0.4, 0.5) is 4.79 Å². The SMILES string of the molecule is CC(C)(CC(=O)O)NC(=O)C1C[C@@H]2C[C@H](NC(=O)OCC3c4ccccc4-c4ccccc43)[C@@H]2C1. The van der Waals surface area contributed by atoms with E-state index in [1.165, 1.54) is 22.3 Å². The summed E-state index contributed by atoms with van der Waals surface area (Å²) in [5.41, 5.74) is 3.96. The molecule has 0 heterocycles. The minimum Gasteiger partial charge on any atom is -0.481 e. The summed E-state index contributed by atoms with van der Waals surface area (Å²) in [5, 5.41) is 15.0. The molecule has 0 spiro atoms. The minimum absolute atomic E-state index is 0.0143. The highest BCUT2D eigenvalue weighted by Crippen LogP contribution is 2.50. The summed E-state index contributed by atoms with van der Waals surface area (Å²) in [4.78, 5) is 36.4. The van der Waals surface area contributed by atoms with Crippen LogP contribution in [-0.2, 0) is 14.3 Å². The molecule has 0 radical (unpaired) electrons. The summed E-state index contributed by atoms with van der Waals surface area (Å²) >= 11 is 0. The molecule has 7 heteroatoms. The van der Waals surface area contributed by atoms with Crippen molar-refractivity contribution in [1.82, 2.24) is 10.6 Å². The zero-order valence-electron chi connectivity index (χ0n) is 20.1. The van der Waals surface area contributed by atoms with Crippen molar-refractivity contribution in [3.63, 3.8) is 0 Å². The molecule has 2 aromatic carbocycles. The average molecular weight is 477 g/mol. The van der Waals surface area contributed by atoms with Crippen LogP contribution in [0.2, 0.25) is 0 Å². The molecule has 0 saturated heterocycles. The number of carbonyl (C=O) groups is 3. The van der Waals surface area contributed by atoms with Gasteiger partial charge in [-0.2, -0.15) is 0 Å². The quantitative estimate of drug-likeness (QED) is 0.552. The number of carboxylic acid groups (broad SMARTS) is 1. The predicted molar refractivity (Wildman–Crippen MR) is 131 cm³/mol. The summed E-state index contributed by atoms with van der Waals surface area (Å²) in [7, 11) is 0. The van der Waals surface area contributed by atoms with Crippen LogP contribution in [-0.4, -0.2) is 41.3 Å². The van der Waals surface area contributed by atoms with Crippen LogP contribution in [0.5, 0.6) is 0 Å². The number of rotatable bonds is 7. The first-order chi connectivity index (χ1) is 16.7. The van der Waals surface area contributed by atoms with Gasteiger partial charge in [0.05, 0.1) is 6.42 Å². The highest BCUT2D eigenvalue weighted by atomic mass is 16.5. The van der Waals surface area contributed by atoms with Crippen LogP contribution in [0.25, 0.3) is 11.1 Å². The van der Waals surface area contributed by atoms with Crippen LogP contribution in [0, 0.1) is 17.8 Å². The lowest BCUT2D eigenvalue weighted by molar-refractivity contribution is -0.139. The van der Waals surface area contributed by atoms with E-state index in [9.17, 15) is 14.4 Å². The number of benzene rings is 2. The molecule has 2 amide bonds. The highest BCUT2D eigenvalue weighted by molar-refractivity contribution is 5.81.